The van der Waals surface area contributed by atoms with E-state index in [9.17, 15) is 56.4 Å². The van der Waals surface area contributed by atoms with E-state index < -0.39 is 51.4 Å². The molecular formula is C36H28BaN6O12S2. The molecule has 0 heterocycles. The van der Waals surface area contributed by atoms with Crippen LogP contribution in [0.1, 0.15) is 25.0 Å². The first-order valence-corrected chi connectivity index (χ1v) is 19.1. The van der Waals surface area contributed by atoms with Crippen LogP contribution < -0.4 is 0 Å². The van der Waals surface area contributed by atoms with Gasteiger partial charge in [-0.2, -0.15) is 0 Å². The summed E-state index contributed by atoms with van der Waals surface area (Å²) < 4.78 is 69.7. The Kier molecular flexibility index (Phi) is 14.4. The minimum Gasteiger partial charge on any atom is -0.744 e. The van der Waals surface area contributed by atoms with Gasteiger partial charge in [-0.25, -0.2) is 16.8 Å². The molecular weight excluding hydrogens is 910 g/mol. The molecule has 6 rings (SSSR count). The number of benzene rings is 6. The van der Waals surface area contributed by atoms with Crippen molar-refractivity contribution in [2.75, 3.05) is 0 Å². The number of nitro groups is 2. The Bertz CT molecular complexity index is 2640. The van der Waals surface area contributed by atoms with E-state index in [1.165, 1.54) is 48.5 Å². The molecule has 6 aromatic rings. The summed E-state index contributed by atoms with van der Waals surface area (Å²) in [6.07, 6.45) is 0.801. The van der Waals surface area contributed by atoms with Gasteiger partial charge in [0.25, 0.3) is 11.4 Å². The van der Waals surface area contributed by atoms with E-state index in [1.54, 1.807) is 50.2 Å². The molecule has 0 aromatic heterocycles. The van der Waals surface area contributed by atoms with Crippen LogP contribution in [-0.2, 0) is 33.1 Å². The Morgan fingerprint density at radius 1 is 0.544 bits per heavy atom. The van der Waals surface area contributed by atoms with Gasteiger partial charge >= 0.3 is 48.9 Å². The molecule has 0 aliphatic carbocycles. The average Bonchev–Trinajstić information content (AvgIpc) is 3.15. The van der Waals surface area contributed by atoms with Crippen LogP contribution in [-0.4, -0.2) is 94.9 Å². The molecule has 0 aliphatic rings. The molecule has 2 N–H and O–H groups in total. The monoisotopic (exact) mass is 938 g/mol. The number of aryl methyl sites for hydroxylation is 2. The molecule has 0 saturated carbocycles. The number of hydrogen-bond donors (Lipinski definition) is 2. The molecule has 6 aromatic carbocycles. The molecule has 288 valence electrons. The number of fused-ring (bicyclic) bond motifs is 2. The Morgan fingerprint density at radius 2 is 0.895 bits per heavy atom. The molecule has 0 aliphatic heterocycles. The zero-order valence-electron chi connectivity index (χ0n) is 29.8. The third-order valence-electron chi connectivity index (χ3n) is 8.29. The Morgan fingerprint density at radius 3 is 1.21 bits per heavy atom. The number of phenols is 2. The summed E-state index contributed by atoms with van der Waals surface area (Å²) in [7, 11) is -9.71. The second kappa shape index (κ2) is 18.4. The normalized spacial score (nSPS) is 11.7. The number of nitrogens with zero attached hydrogens (tertiary/aromatic N) is 6. The maximum Gasteiger partial charge on any atom is 2.00 e. The van der Waals surface area contributed by atoms with Crippen LogP contribution in [0.5, 0.6) is 11.5 Å². The summed E-state index contributed by atoms with van der Waals surface area (Å²) in [4.78, 5) is 20.5. The number of azo groups is 2. The van der Waals surface area contributed by atoms with E-state index in [0.717, 1.165) is 12.1 Å². The second-order valence-corrected chi connectivity index (χ2v) is 14.4. The van der Waals surface area contributed by atoms with Crippen molar-refractivity contribution in [1.82, 2.24) is 0 Å². The largest absolute Gasteiger partial charge is 2.00 e. The number of nitro benzene ring substituents is 2. The molecule has 0 atom stereocenters. The molecule has 0 amide bonds. The van der Waals surface area contributed by atoms with Gasteiger partial charge in [0.05, 0.1) is 19.6 Å². The maximum atomic E-state index is 11.6. The van der Waals surface area contributed by atoms with Crippen LogP contribution in [0.15, 0.2) is 127 Å². The quantitative estimate of drug-likeness (QED) is 0.0431. The summed E-state index contributed by atoms with van der Waals surface area (Å²) in [5, 5.41) is 59.1. The zero-order chi connectivity index (χ0) is 40.9. The van der Waals surface area contributed by atoms with Gasteiger partial charge in [-0.3, -0.25) is 20.2 Å². The van der Waals surface area contributed by atoms with Gasteiger partial charge in [0.1, 0.15) is 43.1 Å². The summed E-state index contributed by atoms with van der Waals surface area (Å²) in [6.45, 7) is 3.51. The smallest absolute Gasteiger partial charge is 0.744 e. The topological polar surface area (TPSA) is 291 Å². The van der Waals surface area contributed by atoms with E-state index in [4.69, 9.17) is 0 Å². The molecule has 0 bridgehead atoms. The summed E-state index contributed by atoms with van der Waals surface area (Å²) >= 11 is 0. The molecule has 0 unspecified atom stereocenters. The maximum absolute atomic E-state index is 11.6. The SMILES string of the molecule is CCc1cccc(N=Nc2c(O)ccc3cccc(S(=O)(=O)[O-])c23)c1[N+](=O)[O-].CCc1cccc(N=Nc2c(O)ccc3cccc(S(=O)(=O)[O-])c23)c1[N+](=O)[O-].[Ba+2]. The van der Waals surface area contributed by atoms with Crippen LogP contribution in [0.2, 0.25) is 0 Å². The van der Waals surface area contributed by atoms with Gasteiger partial charge in [-0.15, -0.1) is 20.5 Å². The standard InChI is InChI=1S/2C18H15N3O6S.Ba/c2*1-2-11-5-3-7-13(18(11)21(23)24)19-20-17-14(22)10-9-12-6-4-8-15(16(12)17)28(25,26)27;/h2*3-10,22H,2H2,1H3,(H,25,26,27);/q;;+2/p-2. The van der Waals surface area contributed by atoms with Crippen LogP contribution in [0, 0.1) is 20.2 Å². The van der Waals surface area contributed by atoms with Gasteiger partial charge in [0, 0.05) is 21.9 Å². The molecule has 57 heavy (non-hydrogen) atoms. The average molecular weight is 938 g/mol. The van der Waals surface area contributed by atoms with Crippen LogP contribution in [0.4, 0.5) is 34.1 Å². The minimum atomic E-state index is -4.85. The van der Waals surface area contributed by atoms with E-state index in [-0.39, 0.29) is 93.8 Å². The first kappa shape index (κ1) is 44.5. The predicted octanol–water partition coefficient (Wildman–Crippen LogP) is 8.29. The van der Waals surface area contributed by atoms with Gasteiger partial charge in [0.2, 0.25) is 0 Å². The number of hydrogen-bond acceptors (Lipinski definition) is 16. The fourth-order valence-corrected chi connectivity index (χ4v) is 7.19. The molecule has 0 spiro atoms. The van der Waals surface area contributed by atoms with E-state index >= 15 is 0 Å². The van der Waals surface area contributed by atoms with E-state index in [0.29, 0.717) is 34.7 Å². The van der Waals surface area contributed by atoms with Gasteiger partial charge in [-0.1, -0.05) is 74.5 Å². The van der Waals surface area contributed by atoms with Gasteiger partial charge in [-0.05, 0) is 60.0 Å². The fraction of sp³-hybridized carbons (Fsp3) is 0.111. The number of rotatable bonds is 10. The Hall–Kier alpha value is -5.17. The van der Waals surface area contributed by atoms with Gasteiger partial charge < -0.3 is 19.3 Å². The van der Waals surface area contributed by atoms with Crippen LogP contribution >= 0.6 is 0 Å². The van der Waals surface area contributed by atoms with Crippen molar-refractivity contribution in [2.45, 2.75) is 36.5 Å². The van der Waals surface area contributed by atoms with Crippen molar-refractivity contribution in [1.29, 1.82) is 0 Å². The molecule has 0 fully saturated rings. The number of para-hydroxylation sites is 2. The Labute approximate surface area is 364 Å². The van der Waals surface area contributed by atoms with E-state index in [2.05, 4.69) is 20.5 Å². The first-order chi connectivity index (χ1) is 26.5. The summed E-state index contributed by atoms with van der Waals surface area (Å²) in [6, 6.07) is 22.6. The van der Waals surface area contributed by atoms with Crippen molar-refractivity contribution in [3.8, 4) is 11.5 Å². The third-order valence-corrected chi connectivity index (χ3v) is 10.1. The third kappa shape index (κ3) is 9.87. The van der Waals surface area contributed by atoms with Crippen molar-refractivity contribution in [3.05, 3.63) is 128 Å². The van der Waals surface area contributed by atoms with Crippen molar-refractivity contribution in [2.24, 2.45) is 20.5 Å². The zero-order valence-corrected chi connectivity index (χ0v) is 35.9. The first-order valence-electron chi connectivity index (χ1n) is 16.2. The second-order valence-electron chi connectivity index (χ2n) is 11.7. The van der Waals surface area contributed by atoms with Gasteiger partial charge in [0.15, 0.2) is 11.4 Å². The molecule has 21 heteroatoms. The van der Waals surface area contributed by atoms with Crippen molar-refractivity contribution < 1.29 is 46.0 Å². The fourth-order valence-electron chi connectivity index (χ4n) is 5.77. The number of phenolic OH excluding ortho intramolecular Hbond substituents is 2. The summed E-state index contributed by atoms with van der Waals surface area (Å²) in [5.41, 5.74) is -0.188. The molecule has 0 radical (unpaired) electrons. The predicted molar refractivity (Wildman–Crippen MR) is 206 cm³/mol. The summed E-state index contributed by atoms with van der Waals surface area (Å²) in [5.74, 6) is -0.830. The van der Waals surface area contributed by atoms with Crippen molar-refractivity contribution >= 4 is 125 Å². The number of aromatic hydroxyl groups is 2. The Balaban J connectivity index is 0.000000248. The van der Waals surface area contributed by atoms with Crippen LogP contribution in [0.25, 0.3) is 21.5 Å². The van der Waals surface area contributed by atoms with Crippen molar-refractivity contribution in [3.63, 3.8) is 0 Å². The van der Waals surface area contributed by atoms with Crippen LogP contribution in [0.3, 0.4) is 0 Å². The minimum absolute atomic E-state index is 0. The van der Waals surface area contributed by atoms with E-state index in [1.807, 2.05) is 0 Å². The molecule has 18 nitrogen and oxygen atoms in total. The molecule has 0 saturated heterocycles.